The molecule has 4 rings (SSSR count). The molecule has 0 aliphatic rings. The molecule has 0 aliphatic carbocycles. The van der Waals surface area contributed by atoms with Gasteiger partial charge in [0.2, 0.25) is 10.0 Å². The van der Waals surface area contributed by atoms with Crippen LogP contribution in [-0.2, 0) is 10.0 Å². The Morgan fingerprint density at radius 1 is 0.778 bits per heavy atom. The molecular formula is C20H16N4O2S. The third kappa shape index (κ3) is 3.51. The van der Waals surface area contributed by atoms with Crippen LogP contribution in [0.1, 0.15) is 0 Å². The van der Waals surface area contributed by atoms with Crippen molar-refractivity contribution in [2.75, 3.05) is 5.32 Å². The molecule has 0 bridgehead atoms. The Kier molecular flexibility index (Phi) is 4.31. The monoisotopic (exact) mass is 376 g/mol. The SMILES string of the molecule is NS(=O)(=O)c1cccc(Nc2nnc(-c3ccccc3)c3ccccc23)c1. The number of rotatable bonds is 4. The smallest absolute Gasteiger partial charge is 0.238 e. The van der Waals surface area contributed by atoms with Crippen LogP contribution < -0.4 is 10.5 Å². The Bertz CT molecular complexity index is 1230. The average Bonchev–Trinajstić information content (AvgIpc) is 2.68. The Balaban J connectivity index is 1.81. The molecule has 0 amide bonds. The number of hydrogen-bond acceptors (Lipinski definition) is 5. The predicted molar refractivity (Wildman–Crippen MR) is 106 cm³/mol. The van der Waals surface area contributed by atoms with Crippen LogP contribution in [-0.4, -0.2) is 18.6 Å². The van der Waals surface area contributed by atoms with E-state index in [-0.39, 0.29) is 4.90 Å². The number of fused-ring (bicyclic) bond motifs is 1. The van der Waals surface area contributed by atoms with E-state index in [9.17, 15) is 8.42 Å². The lowest BCUT2D eigenvalue weighted by molar-refractivity contribution is 0.598. The third-order valence-corrected chi connectivity index (χ3v) is 5.07. The molecule has 6 nitrogen and oxygen atoms in total. The Morgan fingerprint density at radius 2 is 1.48 bits per heavy atom. The van der Waals surface area contributed by atoms with Gasteiger partial charge in [0.1, 0.15) is 5.69 Å². The fourth-order valence-corrected chi connectivity index (χ4v) is 3.45. The largest absolute Gasteiger partial charge is 0.338 e. The first-order chi connectivity index (χ1) is 13.0. The maximum Gasteiger partial charge on any atom is 0.238 e. The maximum atomic E-state index is 11.6. The molecule has 1 aromatic heterocycles. The van der Waals surface area contributed by atoms with Crippen LogP contribution in [0.15, 0.2) is 83.8 Å². The molecule has 0 atom stereocenters. The van der Waals surface area contributed by atoms with E-state index in [1.165, 1.54) is 12.1 Å². The van der Waals surface area contributed by atoms with Crippen molar-refractivity contribution in [1.29, 1.82) is 0 Å². The van der Waals surface area contributed by atoms with Gasteiger partial charge in [-0.25, -0.2) is 13.6 Å². The van der Waals surface area contributed by atoms with E-state index in [0.29, 0.717) is 11.5 Å². The van der Waals surface area contributed by atoms with E-state index in [0.717, 1.165) is 22.0 Å². The van der Waals surface area contributed by atoms with Crippen LogP contribution in [0.5, 0.6) is 0 Å². The number of sulfonamides is 1. The molecule has 0 aliphatic heterocycles. The van der Waals surface area contributed by atoms with Gasteiger partial charge in [0, 0.05) is 22.0 Å². The van der Waals surface area contributed by atoms with E-state index < -0.39 is 10.0 Å². The number of anilines is 2. The zero-order valence-corrected chi connectivity index (χ0v) is 15.0. The summed E-state index contributed by atoms with van der Waals surface area (Å²) in [7, 11) is -3.78. The summed E-state index contributed by atoms with van der Waals surface area (Å²) in [6, 6.07) is 23.9. The molecule has 3 aromatic carbocycles. The topological polar surface area (TPSA) is 98.0 Å². The zero-order chi connectivity index (χ0) is 18.9. The minimum absolute atomic E-state index is 0.0330. The second-order valence-corrected chi connectivity index (χ2v) is 7.57. The van der Waals surface area contributed by atoms with Gasteiger partial charge in [0.05, 0.1) is 4.90 Å². The van der Waals surface area contributed by atoms with E-state index >= 15 is 0 Å². The second-order valence-electron chi connectivity index (χ2n) is 6.01. The number of hydrogen-bond donors (Lipinski definition) is 2. The fourth-order valence-electron chi connectivity index (χ4n) is 2.89. The first-order valence-corrected chi connectivity index (χ1v) is 9.78. The highest BCUT2D eigenvalue weighted by Crippen LogP contribution is 2.31. The number of nitrogens with zero attached hydrogens (tertiary/aromatic N) is 2. The van der Waals surface area contributed by atoms with E-state index in [1.807, 2.05) is 54.6 Å². The minimum Gasteiger partial charge on any atom is -0.338 e. The first kappa shape index (κ1) is 17.1. The van der Waals surface area contributed by atoms with Crippen molar-refractivity contribution in [3.8, 4) is 11.3 Å². The standard InChI is InChI=1S/C20H16N4O2S/c21-27(25,26)16-10-6-9-15(13-16)22-20-18-12-5-4-11-17(18)19(23-24-20)14-7-2-1-3-8-14/h1-13H,(H,22,24)(H2,21,25,26). The van der Waals surface area contributed by atoms with Crippen molar-refractivity contribution < 1.29 is 8.42 Å². The van der Waals surface area contributed by atoms with Gasteiger partial charge in [0.25, 0.3) is 0 Å². The van der Waals surface area contributed by atoms with Crippen LogP contribution in [0.2, 0.25) is 0 Å². The van der Waals surface area contributed by atoms with Crippen molar-refractivity contribution in [3.63, 3.8) is 0 Å². The van der Waals surface area contributed by atoms with Crippen LogP contribution in [0.25, 0.3) is 22.0 Å². The highest BCUT2D eigenvalue weighted by Gasteiger charge is 2.12. The molecule has 0 spiro atoms. The van der Waals surface area contributed by atoms with Crippen molar-refractivity contribution in [1.82, 2.24) is 10.2 Å². The lowest BCUT2D eigenvalue weighted by Crippen LogP contribution is -2.12. The molecule has 7 heteroatoms. The van der Waals surface area contributed by atoms with Gasteiger partial charge in [-0.15, -0.1) is 10.2 Å². The summed E-state index contributed by atoms with van der Waals surface area (Å²) in [6.45, 7) is 0. The molecule has 0 saturated carbocycles. The normalized spacial score (nSPS) is 11.4. The summed E-state index contributed by atoms with van der Waals surface area (Å²) < 4.78 is 23.1. The summed E-state index contributed by atoms with van der Waals surface area (Å²) in [6.07, 6.45) is 0. The van der Waals surface area contributed by atoms with Crippen molar-refractivity contribution >= 4 is 32.3 Å². The highest BCUT2D eigenvalue weighted by molar-refractivity contribution is 7.89. The first-order valence-electron chi connectivity index (χ1n) is 8.23. The molecule has 27 heavy (non-hydrogen) atoms. The van der Waals surface area contributed by atoms with Crippen molar-refractivity contribution in [2.24, 2.45) is 5.14 Å². The lowest BCUT2D eigenvalue weighted by Gasteiger charge is -2.11. The van der Waals surface area contributed by atoms with Crippen LogP contribution in [0.3, 0.4) is 0 Å². The van der Waals surface area contributed by atoms with Crippen LogP contribution >= 0.6 is 0 Å². The molecule has 1 heterocycles. The molecule has 0 saturated heterocycles. The summed E-state index contributed by atoms with van der Waals surface area (Å²) in [5, 5.41) is 18.9. The Labute approximate surface area is 156 Å². The summed E-state index contributed by atoms with van der Waals surface area (Å²) in [4.78, 5) is 0.0330. The molecule has 0 fully saturated rings. The predicted octanol–water partition coefficient (Wildman–Crippen LogP) is 3.69. The number of nitrogens with one attached hydrogen (secondary N) is 1. The summed E-state index contributed by atoms with van der Waals surface area (Å²) >= 11 is 0. The molecule has 3 N–H and O–H groups in total. The molecule has 4 aromatic rings. The van der Waals surface area contributed by atoms with Gasteiger partial charge in [-0.3, -0.25) is 0 Å². The van der Waals surface area contributed by atoms with Gasteiger partial charge >= 0.3 is 0 Å². The van der Waals surface area contributed by atoms with Gasteiger partial charge in [-0.1, -0.05) is 60.7 Å². The zero-order valence-electron chi connectivity index (χ0n) is 14.2. The van der Waals surface area contributed by atoms with Crippen LogP contribution in [0.4, 0.5) is 11.5 Å². The Morgan fingerprint density at radius 3 is 2.22 bits per heavy atom. The van der Waals surface area contributed by atoms with Crippen LogP contribution in [0, 0.1) is 0 Å². The van der Waals surface area contributed by atoms with E-state index in [4.69, 9.17) is 5.14 Å². The highest BCUT2D eigenvalue weighted by atomic mass is 32.2. The number of aromatic nitrogens is 2. The second kappa shape index (κ2) is 6.79. The van der Waals surface area contributed by atoms with Gasteiger partial charge in [0.15, 0.2) is 5.82 Å². The van der Waals surface area contributed by atoms with E-state index in [1.54, 1.807) is 12.1 Å². The minimum atomic E-state index is -3.78. The Hall–Kier alpha value is -3.29. The van der Waals surface area contributed by atoms with Gasteiger partial charge in [-0.2, -0.15) is 0 Å². The molecule has 0 unspecified atom stereocenters. The lowest BCUT2D eigenvalue weighted by atomic mass is 10.0. The molecule has 0 radical (unpaired) electrons. The number of benzene rings is 3. The number of primary sulfonamides is 1. The quantitative estimate of drug-likeness (QED) is 0.566. The number of nitrogens with two attached hydrogens (primary N) is 1. The third-order valence-electron chi connectivity index (χ3n) is 4.16. The van der Waals surface area contributed by atoms with Crippen molar-refractivity contribution in [2.45, 2.75) is 4.90 Å². The molecule has 134 valence electrons. The van der Waals surface area contributed by atoms with Gasteiger partial charge in [-0.05, 0) is 18.2 Å². The van der Waals surface area contributed by atoms with E-state index in [2.05, 4.69) is 15.5 Å². The average molecular weight is 376 g/mol. The summed E-state index contributed by atoms with van der Waals surface area (Å²) in [5.41, 5.74) is 2.33. The van der Waals surface area contributed by atoms with Crippen molar-refractivity contribution in [3.05, 3.63) is 78.9 Å². The maximum absolute atomic E-state index is 11.6. The summed E-state index contributed by atoms with van der Waals surface area (Å²) in [5.74, 6) is 0.539. The fraction of sp³-hybridized carbons (Fsp3) is 0. The van der Waals surface area contributed by atoms with Gasteiger partial charge < -0.3 is 5.32 Å². The molecular weight excluding hydrogens is 360 g/mol.